The number of thiazole rings is 1. The normalized spacial score (nSPS) is 12.6. The smallest absolute Gasteiger partial charge is 0.223 e. The number of benzene rings is 1. The second-order valence-electron chi connectivity index (χ2n) is 5.55. The van der Waals surface area contributed by atoms with E-state index in [-0.39, 0.29) is 5.91 Å². The van der Waals surface area contributed by atoms with E-state index in [1.165, 1.54) is 18.3 Å². The molecule has 0 spiro atoms. The third kappa shape index (κ3) is 2.37. The summed E-state index contributed by atoms with van der Waals surface area (Å²) in [6, 6.07) is 7.50. The molecule has 0 atom stereocenters. The molecular formula is C16H14ClN5OS. The van der Waals surface area contributed by atoms with Crippen molar-refractivity contribution in [3.8, 4) is 16.3 Å². The van der Waals surface area contributed by atoms with Crippen LogP contribution in [0.5, 0.6) is 0 Å². The number of nitrogen functional groups attached to an aromatic ring is 1. The SMILES string of the molecule is CC(=O)Nc1nc2c(s1)-c1c(c(N)nn1-c1ccccc1Cl)CC2. The van der Waals surface area contributed by atoms with Crippen molar-refractivity contribution in [3.05, 3.63) is 40.5 Å². The van der Waals surface area contributed by atoms with Crippen molar-refractivity contribution in [2.75, 3.05) is 11.1 Å². The average molecular weight is 360 g/mol. The topological polar surface area (TPSA) is 85.8 Å². The van der Waals surface area contributed by atoms with E-state index in [9.17, 15) is 4.79 Å². The lowest BCUT2D eigenvalue weighted by Crippen LogP contribution is -2.07. The van der Waals surface area contributed by atoms with Gasteiger partial charge in [0.05, 0.1) is 27.0 Å². The molecule has 0 radical (unpaired) electrons. The Labute approximate surface area is 147 Å². The summed E-state index contributed by atoms with van der Waals surface area (Å²) in [7, 11) is 0. The fraction of sp³-hybridized carbons (Fsp3) is 0.188. The Morgan fingerprint density at radius 1 is 1.38 bits per heavy atom. The number of amides is 1. The number of rotatable bonds is 2. The highest BCUT2D eigenvalue weighted by Crippen LogP contribution is 2.43. The fourth-order valence-electron chi connectivity index (χ4n) is 2.90. The van der Waals surface area contributed by atoms with E-state index in [1.54, 1.807) is 4.68 Å². The van der Waals surface area contributed by atoms with Crippen molar-refractivity contribution in [1.82, 2.24) is 14.8 Å². The maximum Gasteiger partial charge on any atom is 0.223 e. The molecule has 1 aromatic carbocycles. The van der Waals surface area contributed by atoms with Gasteiger partial charge in [-0.3, -0.25) is 4.79 Å². The predicted molar refractivity (Wildman–Crippen MR) is 95.8 cm³/mol. The van der Waals surface area contributed by atoms with Crippen molar-refractivity contribution in [3.63, 3.8) is 0 Å². The van der Waals surface area contributed by atoms with Crippen molar-refractivity contribution in [2.45, 2.75) is 19.8 Å². The molecule has 2 heterocycles. The molecule has 0 aliphatic heterocycles. The van der Waals surface area contributed by atoms with Gasteiger partial charge in [-0.05, 0) is 25.0 Å². The maximum atomic E-state index is 11.3. The first-order chi connectivity index (χ1) is 11.5. The number of fused-ring (bicyclic) bond motifs is 3. The van der Waals surface area contributed by atoms with Crippen molar-refractivity contribution >= 4 is 39.8 Å². The zero-order valence-electron chi connectivity index (χ0n) is 12.8. The van der Waals surface area contributed by atoms with E-state index in [2.05, 4.69) is 15.4 Å². The number of aryl methyl sites for hydroxylation is 1. The molecule has 6 nitrogen and oxygen atoms in total. The molecular weight excluding hydrogens is 346 g/mol. The zero-order chi connectivity index (χ0) is 16.8. The summed E-state index contributed by atoms with van der Waals surface area (Å²) in [6.45, 7) is 1.47. The molecule has 8 heteroatoms. The van der Waals surface area contributed by atoms with Crippen LogP contribution < -0.4 is 11.1 Å². The molecule has 0 saturated heterocycles. The van der Waals surface area contributed by atoms with Crippen LogP contribution in [0.2, 0.25) is 5.02 Å². The average Bonchev–Trinajstić information content (AvgIpc) is 3.07. The minimum atomic E-state index is -0.138. The first kappa shape index (κ1) is 15.2. The minimum absolute atomic E-state index is 0.138. The Morgan fingerprint density at radius 2 is 2.17 bits per heavy atom. The summed E-state index contributed by atoms with van der Waals surface area (Å²) in [4.78, 5) is 16.8. The standard InChI is InChI=1S/C16H14ClN5OS/c1-8(23)19-16-20-11-7-6-9-13(14(11)24-16)22(21-15(9)18)12-5-3-2-4-10(12)17/h2-5H,6-7H2,1H3,(H2,18,21)(H,19,20,23). The molecule has 0 unspecified atom stereocenters. The van der Waals surface area contributed by atoms with Gasteiger partial charge in [0.2, 0.25) is 5.91 Å². The van der Waals surface area contributed by atoms with Crippen LogP contribution in [0.15, 0.2) is 24.3 Å². The largest absolute Gasteiger partial charge is 0.382 e. The number of hydrogen-bond donors (Lipinski definition) is 2. The lowest BCUT2D eigenvalue weighted by Gasteiger charge is -2.14. The Morgan fingerprint density at radius 3 is 2.92 bits per heavy atom. The summed E-state index contributed by atoms with van der Waals surface area (Å²) in [5.41, 5.74) is 9.77. The van der Waals surface area contributed by atoms with Crippen LogP contribution in [0.25, 0.3) is 16.3 Å². The van der Waals surface area contributed by atoms with Crippen LogP contribution in [0.1, 0.15) is 18.2 Å². The summed E-state index contributed by atoms with van der Waals surface area (Å²) in [5, 5.41) is 8.43. The van der Waals surface area contributed by atoms with Gasteiger partial charge >= 0.3 is 0 Å². The molecule has 3 aromatic rings. The van der Waals surface area contributed by atoms with Crippen LogP contribution in [0.3, 0.4) is 0 Å². The summed E-state index contributed by atoms with van der Waals surface area (Å²) < 4.78 is 1.78. The number of nitrogens with one attached hydrogen (secondary N) is 1. The second-order valence-corrected chi connectivity index (χ2v) is 6.96. The Bertz CT molecular complexity index is 962. The first-order valence-corrected chi connectivity index (χ1v) is 8.64. The molecule has 0 fully saturated rings. The summed E-state index contributed by atoms with van der Waals surface area (Å²) in [6.07, 6.45) is 1.54. The first-order valence-electron chi connectivity index (χ1n) is 7.44. The van der Waals surface area contributed by atoms with E-state index >= 15 is 0 Å². The van der Waals surface area contributed by atoms with E-state index < -0.39 is 0 Å². The molecule has 0 saturated carbocycles. The molecule has 24 heavy (non-hydrogen) atoms. The zero-order valence-corrected chi connectivity index (χ0v) is 14.4. The number of aromatic nitrogens is 3. The third-order valence-corrected chi connectivity index (χ3v) is 5.24. The molecule has 4 rings (SSSR count). The van der Waals surface area contributed by atoms with E-state index in [4.69, 9.17) is 17.3 Å². The Balaban J connectivity index is 1.92. The van der Waals surface area contributed by atoms with Gasteiger partial charge in [-0.1, -0.05) is 35.1 Å². The second kappa shape index (κ2) is 5.61. The quantitative estimate of drug-likeness (QED) is 0.735. The summed E-state index contributed by atoms with van der Waals surface area (Å²) in [5.74, 6) is 0.366. The highest BCUT2D eigenvalue weighted by molar-refractivity contribution is 7.19. The van der Waals surface area contributed by atoms with Gasteiger partial charge in [0.15, 0.2) is 5.13 Å². The number of carbonyl (C=O) groups excluding carboxylic acids is 1. The number of nitrogens with two attached hydrogens (primary N) is 1. The monoisotopic (exact) mass is 359 g/mol. The van der Waals surface area contributed by atoms with E-state index in [0.29, 0.717) is 16.0 Å². The minimum Gasteiger partial charge on any atom is -0.382 e. The number of halogens is 1. The van der Waals surface area contributed by atoms with Crippen LogP contribution in [0, 0.1) is 0 Å². The van der Waals surface area contributed by atoms with Gasteiger partial charge in [-0.15, -0.1) is 5.10 Å². The van der Waals surface area contributed by atoms with Crippen molar-refractivity contribution in [2.24, 2.45) is 0 Å². The molecule has 1 amide bonds. The molecule has 0 bridgehead atoms. The number of hydrogen-bond acceptors (Lipinski definition) is 5. The predicted octanol–water partition coefficient (Wildman–Crippen LogP) is 3.29. The van der Waals surface area contributed by atoms with Crippen LogP contribution in [-0.4, -0.2) is 20.7 Å². The number of carbonyl (C=O) groups is 1. The van der Waals surface area contributed by atoms with E-state index in [1.807, 2.05) is 24.3 Å². The highest BCUT2D eigenvalue weighted by atomic mass is 35.5. The molecule has 1 aliphatic carbocycles. The van der Waals surface area contributed by atoms with Gasteiger partial charge < -0.3 is 11.1 Å². The number of nitrogens with zero attached hydrogens (tertiary/aromatic N) is 3. The highest BCUT2D eigenvalue weighted by Gasteiger charge is 2.29. The molecule has 1 aliphatic rings. The molecule has 3 N–H and O–H groups in total. The van der Waals surface area contributed by atoms with Crippen LogP contribution in [0.4, 0.5) is 10.9 Å². The van der Waals surface area contributed by atoms with Gasteiger partial charge in [-0.2, -0.15) is 0 Å². The van der Waals surface area contributed by atoms with Gasteiger partial charge in [-0.25, -0.2) is 9.67 Å². The van der Waals surface area contributed by atoms with Gasteiger partial charge in [0, 0.05) is 12.5 Å². The third-order valence-electron chi connectivity index (χ3n) is 3.90. The van der Waals surface area contributed by atoms with Crippen LogP contribution >= 0.6 is 22.9 Å². The summed E-state index contributed by atoms with van der Waals surface area (Å²) >= 11 is 7.77. The lowest BCUT2D eigenvalue weighted by molar-refractivity contribution is -0.114. The Hall–Kier alpha value is -2.38. The lowest BCUT2D eigenvalue weighted by atomic mass is 9.99. The van der Waals surface area contributed by atoms with Gasteiger partial charge in [0.1, 0.15) is 5.82 Å². The Kier molecular flexibility index (Phi) is 3.54. The number of para-hydroxylation sites is 1. The maximum absolute atomic E-state index is 11.3. The van der Waals surface area contributed by atoms with Crippen molar-refractivity contribution < 1.29 is 4.79 Å². The number of anilines is 2. The molecule has 122 valence electrons. The fourth-order valence-corrected chi connectivity index (χ4v) is 4.23. The molecule has 2 aromatic heterocycles. The van der Waals surface area contributed by atoms with E-state index in [0.717, 1.165) is 40.4 Å². The van der Waals surface area contributed by atoms with Gasteiger partial charge in [0.25, 0.3) is 0 Å². The van der Waals surface area contributed by atoms with Crippen molar-refractivity contribution in [1.29, 1.82) is 0 Å². The van der Waals surface area contributed by atoms with Crippen LogP contribution in [-0.2, 0) is 17.6 Å².